The van der Waals surface area contributed by atoms with Crippen molar-refractivity contribution in [2.24, 2.45) is 0 Å². The van der Waals surface area contributed by atoms with Crippen LogP contribution < -0.4 is 0 Å². The van der Waals surface area contributed by atoms with Crippen LogP contribution in [0.1, 0.15) is 43.9 Å². The lowest BCUT2D eigenvalue weighted by Gasteiger charge is -2.17. The van der Waals surface area contributed by atoms with Gasteiger partial charge in [0, 0.05) is 0 Å². The van der Waals surface area contributed by atoms with Gasteiger partial charge in [0.05, 0.1) is 13.0 Å². The number of ether oxygens (including phenoxy) is 3. The van der Waals surface area contributed by atoms with E-state index in [0.29, 0.717) is 12.2 Å². The summed E-state index contributed by atoms with van der Waals surface area (Å²) < 4.78 is 42.4. The van der Waals surface area contributed by atoms with Crippen LogP contribution in [0.25, 0.3) is 17.2 Å². The largest absolute Gasteiger partial charge is 0.612 e. The molecule has 174 valence electrons. The van der Waals surface area contributed by atoms with E-state index in [-0.39, 0.29) is 24.9 Å². The van der Waals surface area contributed by atoms with Crippen molar-refractivity contribution in [3.8, 4) is 0 Å². The highest BCUT2D eigenvalue weighted by Gasteiger charge is 2.33. The molecule has 0 N–H and O–H groups in total. The van der Waals surface area contributed by atoms with Crippen LogP contribution in [0.4, 0.5) is 4.39 Å². The van der Waals surface area contributed by atoms with E-state index in [0.717, 1.165) is 32.7 Å². The number of esters is 1. The molecular weight excluding hydrogens is 443 g/mol. The Hall–Kier alpha value is -2.45. The first-order valence-electron chi connectivity index (χ1n) is 10.8. The van der Waals surface area contributed by atoms with Gasteiger partial charge in [0.1, 0.15) is 24.8 Å². The van der Waals surface area contributed by atoms with Crippen LogP contribution in [0, 0.1) is 5.82 Å². The third kappa shape index (κ3) is 5.38. The second kappa shape index (κ2) is 9.43. The standard InChI is InChI=1S/C26H27FO5S/c1-16-22(11-17-5-8-20(9-6-17)33(4)29)21-10-7-18(27)12-24(21)23(16)13-25(28)30-14-19-15-31-26(2,3)32-19/h5-12,19H,13-15H2,1-4H3/b22-11-. The lowest BCUT2D eigenvalue weighted by molar-refractivity contribution is -0.157. The van der Waals surface area contributed by atoms with Gasteiger partial charge in [-0.2, -0.15) is 0 Å². The number of hydrogen-bond donors (Lipinski definition) is 0. The number of rotatable bonds is 6. The van der Waals surface area contributed by atoms with E-state index in [1.807, 2.05) is 51.1 Å². The van der Waals surface area contributed by atoms with E-state index in [4.69, 9.17) is 14.2 Å². The molecule has 1 aliphatic carbocycles. The number of hydrogen-bond acceptors (Lipinski definition) is 5. The Morgan fingerprint density at radius 1 is 1.24 bits per heavy atom. The second-order valence-electron chi connectivity index (χ2n) is 8.69. The molecule has 2 unspecified atom stereocenters. The molecule has 0 radical (unpaired) electrons. The predicted octanol–water partition coefficient (Wildman–Crippen LogP) is 4.98. The quantitative estimate of drug-likeness (QED) is 0.440. The van der Waals surface area contributed by atoms with Gasteiger partial charge in [0.25, 0.3) is 0 Å². The zero-order chi connectivity index (χ0) is 23.8. The van der Waals surface area contributed by atoms with Gasteiger partial charge in [-0.15, -0.1) is 0 Å². The zero-order valence-corrected chi connectivity index (χ0v) is 20.0. The first kappa shape index (κ1) is 23.7. The van der Waals surface area contributed by atoms with E-state index in [1.165, 1.54) is 12.1 Å². The van der Waals surface area contributed by atoms with Crippen LogP contribution in [0.5, 0.6) is 0 Å². The van der Waals surface area contributed by atoms with Crippen LogP contribution in [-0.4, -0.2) is 41.9 Å². The number of carbonyl (C=O) groups excluding carboxylic acids is 1. The molecule has 2 atom stereocenters. The Kier molecular flexibility index (Phi) is 6.77. The first-order valence-corrected chi connectivity index (χ1v) is 12.3. The maximum absolute atomic E-state index is 14.1. The number of halogens is 1. The molecule has 5 nitrogen and oxygen atoms in total. The highest BCUT2D eigenvalue weighted by atomic mass is 32.2. The van der Waals surface area contributed by atoms with Gasteiger partial charge in [-0.05, 0) is 108 Å². The SMILES string of the molecule is CC1=C(CC(=O)OCC2COC(C)(C)O2)c2cc(F)ccc2/C1=C\c1ccc([S+](C)[O-])cc1. The van der Waals surface area contributed by atoms with Crippen LogP contribution in [0.2, 0.25) is 0 Å². The van der Waals surface area contributed by atoms with Crippen molar-refractivity contribution in [1.29, 1.82) is 0 Å². The molecule has 0 amide bonds. The average Bonchev–Trinajstić information content (AvgIpc) is 3.24. The van der Waals surface area contributed by atoms with Crippen molar-refractivity contribution in [3.05, 3.63) is 70.5 Å². The fourth-order valence-corrected chi connectivity index (χ4v) is 4.65. The molecule has 1 fully saturated rings. The summed E-state index contributed by atoms with van der Waals surface area (Å²) in [6.07, 6.45) is 3.37. The van der Waals surface area contributed by atoms with Crippen molar-refractivity contribution >= 4 is 34.4 Å². The maximum atomic E-state index is 14.1. The Morgan fingerprint density at radius 2 is 1.97 bits per heavy atom. The summed E-state index contributed by atoms with van der Waals surface area (Å²) in [5.41, 5.74) is 5.07. The molecular formula is C26H27FO5S. The van der Waals surface area contributed by atoms with E-state index in [9.17, 15) is 13.7 Å². The van der Waals surface area contributed by atoms with Crippen molar-refractivity contribution < 1.29 is 27.9 Å². The molecule has 1 saturated heterocycles. The minimum atomic E-state index is -1.05. The molecule has 0 saturated carbocycles. The molecule has 0 bridgehead atoms. The summed E-state index contributed by atoms with van der Waals surface area (Å²) in [7, 11) is 0. The summed E-state index contributed by atoms with van der Waals surface area (Å²) in [5.74, 6) is -1.44. The predicted molar refractivity (Wildman–Crippen MR) is 126 cm³/mol. The van der Waals surface area contributed by atoms with Gasteiger partial charge in [-0.1, -0.05) is 6.07 Å². The molecule has 0 spiro atoms. The zero-order valence-electron chi connectivity index (χ0n) is 19.1. The average molecular weight is 471 g/mol. The van der Waals surface area contributed by atoms with Crippen molar-refractivity contribution in [1.82, 2.24) is 0 Å². The van der Waals surface area contributed by atoms with E-state index in [2.05, 4.69) is 0 Å². The van der Waals surface area contributed by atoms with E-state index in [1.54, 1.807) is 12.3 Å². The fourth-order valence-electron chi connectivity index (χ4n) is 4.13. The molecule has 2 aliphatic rings. The number of carbonyl (C=O) groups is 1. The van der Waals surface area contributed by atoms with E-state index < -0.39 is 22.9 Å². The van der Waals surface area contributed by atoms with Gasteiger partial charge in [0.15, 0.2) is 10.7 Å². The number of allylic oxidation sites excluding steroid dienone is 2. The topological polar surface area (TPSA) is 67.8 Å². The minimum Gasteiger partial charge on any atom is -0.612 e. The van der Waals surface area contributed by atoms with Crippen LogP contribution in [0.15, 0.2) is 52.9 Å². The molecule has 2 aromatic rings. The summed E-state index contributed by atoms with van der Waals surface area (Å²) in [5, 5.41) is 0. The van der Waals surface area contributed by atoms with Crippen molar-refractivity contribution in [2.75, 3.05) is 19.5 Å². The molecule has 1 heterocycles. The van der Waals surface area contributed by atoms with E-state index >= 15 is 0 Å². The summed E-state index contributed by atoms with van der Waals surface area (Å²) in [6, 6.07) is 12.1. The van der Waals surface area contributed by atoms with Crippen LogP contribution >= 0.6 is 0 Å². The molecule has 1 aliphatic heterocycles. The van der Waals surface area contributed by atoms with Gasteiger partial charge in [0.2, 0.25) is 0 Å². The Morgan fingerprint density at radius 3 is 2.61 bits per heavy atom. The Balaban J connectivity index is 1.55. The van der Waals surface area contributed by atoms with Gasteiger partial charge < -0.3 is 18.8 Å². The highest BCUT2D eigenvalue weighted by Crippen LogP contribution is 2.44. The number of benzene rings is 2. The summed E-state index contributed by atoms with van der Waals surface area (Å²) >= 11 is -1.05. The third-order valence-electron chi connectivity index (χ3n) is 5.80. The fraction of sp³-hybridized carbons (Fsp3) is 0.346. The number of fused-ring (bicyclic) bond motifs is 1. The monoisotopic (exact) mass is 470 g/mol. The van der Waals surface area contributed by atoms with Gasteiger partial charge in [-0.25, -0.2) is 4.39 Å². The van der Waals surface area contributed by atoms with Crippen LogP contribution in [0.3, 0.4) is 0 Å². The lowest BCUT2D eigenvalue weighted by atomic mass is 10.0. The van der Waals surface area contributed by atoms with Crippen molar-refractivity contribution in [3.63, 3.8) is 0 Å². The molecule has 7 heteroatoms. The van der Waals surface area contributed by atoms with Gasteiger partial charge >= 0.3 is 5.97 Å². The molecule has 33 heavy (non-hydrogen) atoms. The molecule has 4 rings (SSSR count). The lowest BCUT2D eigenvalue weighted by Crippen LogP contribution is -2.25. The van der Waals surface area contributed by atoms with Crippen LogP contribution in [-0.2, 0) is 30.2 Å². The first-order chi connectivity index (χ1) is 15.6. The van der Waals surface area contributed by atoms with Crippen molar-refractivity contribution in [2.45, 2.75) is 44.0 Å². The van der Waals surface area contributed by atoms with Gasteiger partial charge in [-0.3, -0.25) is 4.79 Å². The Bertz CT molecular complexity index is 1120. The Labute approximate surface area is 196 Å². The summed E-state index contributed by atoms with van der Waals surface area (Å²) in [6.45, 7) is 6.04. The second-order valence-corrected chi connectivity index (χ2v) is 10.1. The summed E-state index contributed by atoms with van der Waals surface area (Å²) in [4.78, 5) is 13.4. The molecule has 2 aromatic carbocycles. The smallest absolute Gasteiger partial charge is 0.310 e. The third-order valence-corrected chi connectivity index (χ3v) is 6.73. The highest BCUT2D eigenvalue weighted by molar-refractivity contribution is 7.90. The minimum absolute atomic E-state index is 0.0321. The molecule has 0 aromatic heterocycles. The normalized spacial score (nSPS) is 21.4. The maximum Gasteiger partial charge on any atom is 0.310 e.